The van der Waals surface area contributed by atoms with Crippen LogP contribution in [0.5, 0.6) is 5.75 Å². The van der Waals surface area contributed by atoms with Gasteiger partial charge >= 0.3 is 0 Å². The number of hydrogen-bond donors (Lipinski definition) is 1. The van der Waals surface area contributed by atoms with E-state index in [-0.39, 0.29) is 0 Å². The van der Waals surface area contributed by atoms with Gasteiger partial charge in [0.2, 0.25) is 0 Å². The van der Waals surface area contributed by atoms with Gasteiger partial charge in [0, 0.05) is 5.56 Å². The van der Waals surface area contributed by atoms with Crippen molar-refractivity contribution in [3.8, 4) is 17.0 Å². The molecule has 0 unspecified atom stereocenters. The zero-order valence-corrected chi connectivity index (χ0v) is 11.7. The molecule has 3 nitrogen and oxygen atoms in total. The molecule has 3 heteroatoms. The van der Waals surface area contributed by atoms with Gasteiger partial charge in [-0.25, -0.2) is 0 Å². The van der Waals surface area contributed by atoms with Crippen LogP contribution in [0, 0.1) is 12.8 Å². The van der Waals surface area contributed by atoms with Crippen LogP contribution in [0.25, 0.3) is 11.3 Å². The van der Waals surface area contributed by atoms with Gasteiger partial charge in [-0.2, -0.15) is 0 Å². The molecule has 2 rings (SSSR count). The number of rotatable bonds is 4. The fourth-order valence-corrected chi connectivity index (χ4v) is 1.72. The van der Waals surface area contributed by atoms with Gasteiger partial charge in [-0.05, 0) is 49.2 Å². The Hall–Kier alpha value is -2.03. The number of anilines is 1. The summed E-state index contributed by atoms with van der Waals surface area (Å²) >= 11 is 0. The van der Waals surface area contributed by atoms with Gasteiger partial charge in [0.15, 0.2) is 0 Å². The normalized spacial score (nSPS) is 10.7. The van der Waals surface area contributed by atoms with Gasteiger partial charge < -0.3 is 10.5 Å². The minimum absolute atomic E-state index is 0.529. The van der Waals surface area contributed by atoms with Crippen LogP contribution in [0.4, 0.5) is 5.69 Å². The number of nitrogen functional groups attached to an aromatic ring is 1. The summed E-state index contributed by atoms with van der Waals surface area (Å²) in [5.41, 5.74) is 9.36. The van der Waals surface area contributed by atoms with Crippen LogP contribution in [0.3, 0.4) is 0 Å². The Labute approximate surface area is 114 Å². The number of nitrogens with zero attached hydrogens (tertiary/aromatic N) is 1. The van der Waals surface area contributed by atoms with E-state index in [4.69, 9.17) is 10.5 Å². The smallest absolute Gasteiger partial charge is 0.119 e. The molecule has 2 aromatic rings. The molecule has 0 atom stereocenters. The Balaban J connectivity index is 2.15. The number of aromatic nitrogens is 1. The fraction of sp³-hybridized carbons (Fsp3) is 0.312. The maximum absolute atomic E-state index is 5.78. The third-order valence-corrected chi connectivity index (χ3v) is 2.86. The van der Waals surface area contributed by atoms with Crippen molar-refractivity contribution in [3.63, 3.8) is 0 Å². The first-order chi connectivity index (χ1) is 9.06. The molecule has 100 valence electrons. The van der Waals surface area contributed by atoms with E-state index < -0.39 is 0 Å². The molecule has 0 saturated heterocycles. The topological polar surface area (TPSA) is 48.1 Å². The SMILES string of the molecule is Cc1nc(-c2ccc(OCC(C)C)cc2)ccc1N. The molecule has 0 bridgehead atoms. The maximum Gasteiger partial charge on any atom is 0.119 e. The second kappa shape index (κ2) is 5.74. The number of hydrogen-bond acceptors (Lipinski definition) is 3. The molecular formula is C16H20N2O. The fourth-order valence-electron chi connectivity index (χ4n) is 1.72. The quantitative estimate of drug-likeness (QED) is 0.907. The molecule has 0 radical (unpaired) electrons. The van der Waals surface area contributed by atoms with E-state index in [0.29, 0.717) is 5.92 Å². The first-order valence-electron chi connectivity index (χ1n) is 6.52. The number of benzene rings is 1. The highest BCUT2D eigenvalue weighted by Gasteiger charge is 2.03. The minimum atomic E-state index is 0.529. The molecule has 19 heavy (non-hydrogen) atoms. The van der Waals surface area contributed by atoms with E-state index >= 15 is 0 Å². The lowest BCUT2D eigenvalue weighted by Crippen LogP contribution is -2.04. The first-order valence-corrected chi connectivity index (χ1v) is 6.52. The summed E-state index contributed by atoms with van der Waals surface area (Å²) in [5.74, 6) is 1.42. The van der Waals surface area contributed by atoms with Crippen LogP contribution in [0.15, 0.2) is 36.4 Å². The number of aryl methyl sites for hydroxylation is 1. The van der Waals surface area contributed by atoms with E-state index in [0.717, 1.165) is 35.0 Å². The zero-order chi connectivity index (χ0) is 13.8. The van der Waals surface area contributed by atoms with Crippen LogP contribution >= 0.6 is 0 Å². The van der Waals surface area contributed by atoms with Gasteiger partial charge in [-0.1, -0.05) is 13.8 Å². The van der Waals surface area contributed by atoms with E-state index in [1.807, 2.05) is 43.3 Å². The highest BCUT2D eigenvalue weighted by atomic mass is 16.5. The average molecular weight is 256 g/mol. The van der Waals surface area contributed by atoms with Crippen LogP contribution in [-0.2, 0) is 0 Å². The van der Waals surface area contributed by atoms with Crippen molar-refractivity contribution in [2.45, 2.75) is 20.8 Å². The number of ether oxygens (including phenoxy) is 1. The summed E-state index contributed by atoms with van der Waals surface area (Å²) in [4.78, 5) is 4.48. The monoisotopic (exact) mass is 256 g/mol. The molecule has 1 heterocycles. The summed E-state index contributed by atoms with van der Waals surface area (Å²) < 4.78 is 5.66. The molecule has 0 aliphatic rings. The van der Waals surface area contributed by atoms with Crippen molar-refractivity contribution in [1.29, 1.82) is 0 Å². The van der Waals surface area contributed by atoms with Crippen LogP contribution in [-0.4, -0.2) is 11.6 Å². The molecule has 0 aliphatic heterocycles. The highest BCUT2D eigenvalue weighted by Crippen LogP contribution is 2.22. The Morgan fingerprint density at radius 2 is 1.79 bits per heavy atom. The largest absolute Gasteiger partial charge is 0.493 e. The summed E-state index contributed by atoms with van der Waals surface area (Å²) in [6.07, 6.45) is 0. The van der Waals surface area contributed by atoms with Crippen LogP contribution < -0.4 is 10.5 Å². The predicted octanol–water partition coefficient (Wildman–Crippen LogP) is 3.67. The molecule has 0 spiro atoms. The summed E-state index contributed by atoms with van der Waals surface area (Å²) in [5, 5.41) is 0. The summed E-state index contributed by atoms with van der Waals surface area (Å²) in [6.45, 7) is 6.92. The maximum atomic E-state index is 5.78. The Kier molecular flexibility index (Phi) is 4.05. The van der Waals surface area contributed by atoms with Crippen molar-refractivity contribution in [3.05, 3.63) is 42.1 Å². The third-order valence-electron chi connectivity index (χ3n) is 2.86. The standard InChI is InChI=1S/C16H20N2O/c1-11(2)10-19-14-6-4-13(5-7-14)16-9-8-15(17)12(3)18-16/h4-9,11H,10,17H2,1-3H3. The van der Waals surface area contributed by atoms with Gasteiger partial charge in [0.25, 0.3) is 0 Å². The Bertz CT molecular complexity index is 547. The highest BCUT2D eigenvalue weighted by molar-refractivity contribution is 5.62. The van der Waals surface area contributed by atoms with Gasteiger partial charge in [-0.15, -0.1) is 0 Å². The lowest BCUT2D eigenvalue weighted by molar-refractivity contribution is 0.271. The van der Waals surface area contributed by atoms with Gasteiger partial charge in [0.05, 0.1) is 23.7 Å². The summed E-state index contributed by atoms with van der Waals surface area (Å²) in [7, 11) is 0. The lowest BCUT2D eigenvalue weighted by atomic mass is 10.1. The molecule has 0 fully saturated rings. The third kappa shape index (κ3) is 3.47. The minimum Gasteiger partial charge on any atom is -0.493 e. The van der Waals surface area contributed by atoms with E-state index in [9.17, 15) is 0 Å². The van der Waals surface area contributed by atoms with E-state index in [2.05, 4.69) is 18.8 Å². The van der Waals surface area contributed by atoms with E-state index in [1.54, 1.807) is 0 Å². The second-order valence-electron chi connectivity index (χ2n) is 5.10. The molecule has 0 saturated carbocycles. The zero-order valence-electron chi connectivity index (χ0n) is 11.7. The molecule has 0 amide bonds. The Morgan fingerprint density at radius 3 is 2.37 bits per heavy atom. The number of pyridine rings is 1. The Morgan fingerprint density at radius 1 is 1.11 bits per heavy atom. The molecule has 1 aromatic carbocycles. The van der Waals surface area contributed by atoms with Crippen molar-refractivity contribution >= 4 is 5.69 Å². The van der Waals surface area contributed by atoms with Crippen molar-refractivity contribution < 1.29 is 4.74 Å². The number of nitrogens with two attached hydrogens (primary N) is 1. The first kappa shape index (κ1) is 13.4. The lowest BCUT2D eigenvalue weighted by Gasteiger charge is -2.09. The van der Waals surface area contributed by atoms with Crippen LogP contribution in [0.1, 0.15) is 19.5 Å². The molecule has 2 N–H and O–H groups in total. The van der Waals surface area contributed by atoms with Gasteiger partial charge in [-0.3, -0.25) is 4.98 Å². The van der Waals surface area contributed by atoms with Gasteiger partial charge in [0.1, 0.15) is 5.75 Å². The molecule has 0 aliphatic carbocycles. The van der Waals surface area contributed by atoms with E-state index in [1.165, 1.54) is 0 Å². The molecule has 1 aromatic heterocycles. The van der Waals surface area contributed by atoms with Crippen molar-refractivity contribution in [1.82, 2.24) is 4.98 Å². The van der Waals surface area contributed by atoms with Crippen LogP contribution in [0.2, 0.25) is 0 Å². The van der Waals surface area contributed by atoms with Crippen molar-refractivity contribution in [2.24, 2.45) is 5.92 Å². The van der Waals surface area contributed by atoms with Crippen molar-refractivity contribution in [2.75, 3.05) is 12.3 Å². The second-order valence-corrected chi connectivity index (χ2v) is 5.10. The average Bonchev–Trinajstić information content (AvgIpc) is 2.40. The predicted molar refractivity (Wildman–Crippen MR) is 79.2 cm³/mol. The molecular weight excluding hydrogens is 236 g/mol. The summed E-state index contributed by atoms with van der Waals surface area (Å²) in [6, 6.07) is 11.8.